The molecule has 0 radical (unpaired) electrons. The number of urea groups is 1. The molecule has 3 heteroatoms. The van der Waals surface area contributed by atoms with E-state index in [1.807, 2.05) is 0 Å². The maximum absolute atomic E-state index is 11.6. The Morgan fingerprint density at radius 1 is 0.950 bits per heavy atom. The minimum atomic E-state index is -0.0862. The van der Waals surface area contributed by atoms with Crippen molar-refractivity contribution in [3.63, 3.8) is 0 Å². The Labute approximate surface area is 123 Å². The lowest BCUT2D eigenvalue weighted by Gasteiger charge is -2.10. The number of hydrogen-bond donors (Lipinski definition) is 2. The van der Waals surface area contributed by atoms with Crippen molar-refractivity contribution in [1.82, 2.24) is 10.6 Å². The molecule has 0 unspecified atom stereocenters. The standard InChI is InChI=1S/C17H28N2O/c1-13(2)9-10-18-17(20)19-12-16-7-5-15(6-8-16)11-14(3)4/h5-8,13-14H,9-12H2,1-4H3,(H2,18,19,20). The molecule has 3 nitrogen and oxygen atoms in total. The third-order valence-electron chi connectivity index (χ3n) is 3.13. The second-order valence-corrected chi connectivity index (χ2v) is 6.21. The molecule has 0 bridgehead atoms. The molecule has 0 fully saturated rings. The van der Waals surface area contributed by atoms with Crippen LogP contribution in [0.2, 0.25) is 0 Å². The molecular weight excluding hydrogens is 248 g/mol. The van der Waals surface area contributed by atoms with Crippen LogP contribution >= 0.6 is 0 Å². The Balaban J connectivity index is 2.29. The third-order valence-corrected chi connectivity index (χ3v) is 3.13. The molecule has 1 aromatic rings. The fourth-order valence-electron chi connectivity index (χ4n) is 1.98. The molecule has 1 rings (SSSR count). The van der Waals surface area contributed by atoms with Gasteiger partial charge in [-0.2, -0.15) is 0 Å². The highest BCUT2D eigenvalue weighted by Gasteiger charge is 2.02. The summed E-state index contributed by atoms with van der Waals surface area (Å²) in [5.74, 6) is 1.29. The summed E-state index contributed by atoms with van der Waals surface area (Å²) < 4.78 is 0. The van der Waals surface area contributed by atoms with Crippen LogP contribution in [0.1, 0.15) is 45.2 Å². The van der Waals surface area contributed by atoms with Gasteiger partial charge in [0.2, 0.25) is 0 Å². The van der Waals surface area contributed by atoms with Crippen LogP contribution in [0.25, 0.3) is 0 Å². The van der Waals surface area contributed by atoms with Crippen molar-refractivity contribution in [3.8, 4) is 0 Å². The van der Waals surface area contributed by atoms with E-state index in [1.165, 1.54) is 5.56 Å². The van der Waals surface area contributed by atoms with Crippen LogP contribution < -0.4 is 10.6 Å². The molecule has 0 aliphatic rings. The first kappa shape index (κ1) is 16.5. The van der Waals surface area contributed by atoms with Gasteiger partial charge in [-0.05, 0) is 35.8 Å². The first-order chi connectivity index (χ1) is 9.47. The fraction of sp³-hybridized carbons (Fsp3) is 0.588. The predicted molar refractivity (Wildman–Crippen MR) is 84.7 cm³/mol. The summed E-state index contributed by atoms with van der Waals surface area (Å²) in [4.78, 5) is 11.6. The molecular formula is C17H28N2O. The second-order valence-electron chi connectivity index (χ2n) is 6.21. The van der Waals surface area contributed by atoms with Gasteiger partial charge in [0, 0.05) is 13.1 Å². The summed E-state index contributed by atoms with van der Waals surface area (Å²) in [6, 6.07) is 8.39. The van der Waals surface area contributed by atoms with Crippen molar-refractivity contribution in [2.24, 2.45) is 11.8 Å². The van der Waals surface area contributed by atoms with Crippen LogP contribution in [0.4, 0.5) is 4.79 Å². The van der Waals surface area contributed by atoms with Gasteiger partial charge in [-0.25, -0.2) is 4.79 Å². The highest BCUT2D eigenvalue weighted by molar-refractivity contribution is 5.73. The van der Waals surface area contributed by atoms with Gasteiger partial charge in [0.25, 0.3) is 0 Å². The van der Waals surface area contributed by atoms with Crippen LogP contribution in [0.3, 0.4) is 0 Å². The van der Waals surface area contributed by atoms with Gasteiger partial charge in [-0.1, -0.05) is 52.0 Å². The van der Waals surface area contributed by atoms with E-state index >= 15 is 0 Å². The number of carbonyl (C=O) groups excluding carboxylic acids is 1. The van der Waals surface area contributed by atoms with E-state index in [1.54, 1.807) is 0 Å². The van der Waals surface area contributed by atoms with E-state index in [-0.39, 0.29) is 6.03 Å². The molecule has 2 N–H and O–H groups in total. The quantitative estimate of drug-likeness (QED) is 0.783. The maximum atomic E-state index is 11.6. The molecule has 1 aromatic carbocycles. The average Bonchev–Trinajstić information content (AvgIpc) is 2.37. The lowest BCUT2D eigenvalue weighted by Crippen LogP contribution is -2.35. The lowest BCUT2D eigenvalue weighted by molar-refractivity contribution is 0.240. The van der Waals surface area contributed by atoms with Crippen molar-refractivity contribution in [1.29, 1.82) is 0 Å². The monoisotopic (exact) mass is 276 g/mol. The average molecular weight is 276 g/mol. The molecule has 0 aromatic heterocycles. The highest BCUT2D eigenvalue weighted by atomic mass is 16.2. The molecule has 2 amide bonds. The summed E-state index contributed by atoms with van der Waals surface area (Å²) in [5.41, 5.74) is 2.49. The van der Waals surface area contributed by atoms with E-state index < -0.39 is 0 Å². The minimum absolute atomic E-state index is 0.0862. The van der Waals surface area contributed by atoms with E-state index in [2.05, 4.69) is 62.6 Å². The number of rotatable bonds is 7. The normalized spacial score (nSPS) is 10.9. The molecule has 20 heavy (non-hydrogen) atoms. The Morgan fingerprint density at radius 2 is 1.55 bits per heavy atom. The van der Waals surface area contributed by atoms with Gasteiger partial charge in [-0.15, -0.1) is 0 Å². The SMILES string of the molecule is CC(C)CCNC(=O)NCc1ccc(CC(C)C)cc1. The number of amides is 2. The van der Waals surface area contributed by atoms with Gasteiger partial charge in [0.05, 0.1) is 0 Å². The zero-order chi connectivity index (χ0) is 15.0. The van der Waals surface area contributed by atoms with E-state index in [9.17, 15) is 4.79 Å². The third kappa shape index (κ3) is 7.17. The first-order valence-corrected chi connectivity index (χ1v) is 7.57. The Bertz CT molecular complexity index is 396. The van der Waals surface area contributed by atoms with Gasteiger partial charge >= 0.3 is 6.03 Å². The van der Waals surface area contributed by atoms with E-state index in [4.69, 9.17) is 0 Å². The van der Waals surface area contributed by atoms with Crippen molar-refractivity contribution in [3.05, 3.63) is 35.4 Å². The first-order valence-electron chi connectivity index (χ1n) is 7.57. The largest absolute Gasteiger partial charge is 0.338 e. The molecule has 0 aliphatic carbocycles. The van der Waals surface area contributed by atoms with Crippen LogP contribution in [-0.2, 0) is 13.0 Å². The smallest absolute Gasteiger partial charge is 0.315 e. The van der Waals surface area contributed by atoms with Gasteiger partial charge in [-0.3, -0.25) is 0 Å². The minimum Gasteiger partial charge on any atom is -0.338 e. The highest BCUT2D eigenvalue weighted by Crippen LogP contribution is 2.09. The molecule has 0 atom stereocenters. The summed E-state index contributed by atoms with van der Waals surface area (Å²) in [6.07, 6.45) is 2.11. The fourth-order valence-corrected chi connectivity index (χ4v) is 1.98. The van der Waals surface area contributed by atoms with Crippen molar-refractivity contribution >= 4 is 6.03 Å². The molecule has 112 valence electrons. The number of hydrogen-bond acceptors (Lipinski definition) is 1. The topological polar surface area (TPSA) is 41.1 Å². The summed E-state index contributed by atoms with van der Waals surface area (Å²) in [7, 11) is 0. The maximum Gasteiger partial charge on any atom is 0.315 e. The molecule has 0 saturated carbocycles. The van der Waals surface area contributed by atoms with Gasteiger partial charge in [0.1, 0.15) is 0 Å². The van der Waals surface area contributed by atoms with E-state index in [0.29, 0.717) is 18.4 Å². The van der Waals surface area contributed by atoms with Gasteiger partial charge < -0.3 is 10.6 Å². The molecule has 0 spiro atoms. The molecule has 0 saturated heterocycles. The van der Waals surface area contributed by atoms with Gasteiger partial charge in [0.15, 0.2) is 0 Å². The van der Waals surface area contributed by atoms with Crippen molar-refractivity contribution < 1.29 is 4.79 Å². The van der Waals surface area contributed by atoms with Crippen LogP contribution in [0, 0.1) is 11.8 Å². The van der Waals surface area contributed by atoms with Crippen LogP contribution in [0.15, 0.2) is 24.3 Å². The molecule has 0 aliphatic heterocycles. The number of benzene rings is 1. The summed E-state index contributed by atoms with van der Waals surface area (Å²) >= 11 is 0. The summed E-state index contributed by atoms with van der Waals surface area (Å²) in [5, 5.41) is 5.75. The Kier molecular flexibility index (Phi) is 7.13. The number of carbonyl (C=O) groups is 1. The zero-order valence-electron chi connectivity index (χ0n) is 13.2. The predicted octanol–water partition coefficient (Wildman–Crippen LogP) is 3.73. The van der Waals surface area contributed by atoms with Crippen molar-refractivity contribution in [2.75, 3.05) is 6.54 Å². The second kappa shape index (κ2) is 8.62. The van der Waals surface area contributed by atoms with Crippen LogP contribution in [0.5, 0.6) is 0 Å². The zero-order valence-corrected chi connectivity index (χ0v) is 13.2. The lowest BCUT2D eigenvalue weighted by atomic mass is 10.0. The van der Waals surface area contributed by atoms with Crippen molar-refractivity contribution in [2.45, 2.75) is 47.1 Å². The Hall–Kier alpha value is -1.51. The molecule has 0 heterocycles. The van der Waals surface area contributed by atoms with Crippen LogP contribution in [-0.4, -0.2) is 12.6 Å². The number of nitrogens with one attached hydrogen (secondary N) is 2. The Morgan fingerprint density at radius 3 is 2.10 bits per heavy atom. The van der Waals surface area contributed by atoms with E-state index in [0.717, 1.165) is 24.9 Å². The summed E-state index contributed by atoms with van der Waals surface area (Å²) in [6.45, 7) is 10.1.